The van der Waals surface area contributed by atoms with Gasteiger partial charge < -0.3 is 15.5 Å². The lowest BCUT2D eigenvalue weighted by Crippen LogP contribution is -2.34. The minimum atomic E-state index is 0.621. The number of aromatic nitrogens is 1. The van der Waals surface area contributed by atoms with Gasteiger partial charge in [-0.05, 0) is 44.6 Å². The Balaban J connectivity index is 2.04. The third-order valence-corrected chi connectivity index (χ3v) is 3.80. The van der Waals surface area contributed by atoms with Crippen molar-refractivity contribution >= 4 is 5.82 Å². The van der Waals surface area contributed by atoms with Crippen LogP contribution in [0.3, 0.4) is 0 Å². The second-order valence-corrected chi connectivity index (χ2v) is 5.48. The molecule has 1 aromatic heterocycles. The van der Waals surface area contributed by atoms with Crippen molar-refractivity contribution in [2.75, 3.05) is 38.6 Å². The van der Waals surface area contributed by atoms with Crippen molar-refractivity contribution in [1.29, 1.82) is 0 Å². The molecule has 2 atom stereocenters. The van der Waals surface area contributed by atoms with Gasteiger partial charge in [0.2, 0.25) is 0 Å². The quantitative estimate of drug-likeness (QED) is 0.862. The highest BCUT2D eigenvalue weighted by Gasteiger charge is 2.31. The fourth-order valence-corrected chi connectivity index (χ4v) is 2.73. The third-order valence-electron chi connectivity index (χ3n) is 3.80. The van der Waals surface area contributed by atoms with Crippen LogP contribution in [-0.4, -0.2) is 49.7 Å². The van der Waals surface area contributed by atoms with E-state index in [0.717, 1.165) is 25.3 Å². The van der Waals surface area contributed by atoms with Crippen LogP contribution in [0.1, 0.15) is 12.5 Å². The van der Waals surface area contributed by atoms with Gasteiger partial charge in [0.05, 0.1) is 0 Å². The lowest BCUT2D eigenvalue weighted by molar-refractivity contribution is 0.266. The summed E-state index contributed by atoms with van der Waals surface area (Å²) in [5.74, 6) is 1.78. The highest BCUT2D eigenvalue weighted by Crippen LogP contribution is 2.24. The van der Waals surface area contributed by atoms with Crippen molar-refractivity contribution in [3.8, 4) is 0 Å². The van der Waals surface area contributed by atoms with Gasteiger partial charge in [0.25, 0.3) is 0 Å². The van der Waals surface area contributed by atoms with Crippen LogP contribution in [0, 0.1) is 5.92 Å². The zero-order valence-electron chi connectivity index (χ0n) is 11.6. The molecule has 1 aromatic rings. The summed E-state index contributed by atoms with van der Waals surface area (Å²) in [6.07, 6.45) is 2.86. The molecule has 0 radical (unpaired) electrons. The summed E-state index contributed by atoms with van der Waals surface area (Å²) in [7, 11) is 4.31. The Bertz CT molecular complexity index is 374. The van der Waals surface area contributed by atoms with Gasteiger partial charge in [-0.2, -0.15) is 0 Å². The van der Waals surface area contributed by atoms with Gasteiger partial charge >= 0.3 is 0 Å². The Morgan fingerprint density at radius 1 is 1.39 bits per heavy atom. The van der Waals surface area contributed by atoms with Crippen LogP contribution in [0.4, 0.5) is 5.82 Å². The zero-order valence-corrected chi connectivity index (χ0v) is 11.6. The van der Waals surface area contributed by atoms with Gasteiger partial charge in [-0.15, -0.1) is 0 Å². The van der Waals surface area contributed by atoms with Crippen LogP contribution in [0.5, 0.6) is 0 Å². The average molecular weight is 248 g/mol. The summed E-state index contributed by atoms with van der Waals surface area (Å²) in [6.45, 7) is 5.15. The monoisotopic (exact) mass is 248 g/mol. The Morgan fingerprint density at radius 3 is 2.67 bits per heavy atom. The van der Waals surface area contributed by atoms with Crippen molar-refractivity contribution in [3.63, 3.8) is 0 Å². The highest BCUT2D eigenvalue weighted by atomic mass is 15.3. The Kier molecular flexibility index (Phi) is 4.19. The fraction of sp³-hybridized carbons (Fsp3) is 0.643. The molecule has 2 heterocycles. The highest BCUT2D eigenvalue weighted by molar-refractivity contribution is 5.41. The zero-order chi connectivity index (χ0) is 13.1. The summed E-state index contributed by atoms with van der Waals surface area (Å²) in [4.78, 5) is 9.25. The van der Waals surface area contributed by atoms with Crippen LogP contribution in [0.15, 0.2) is 18.3 Å². The number of likely N-dealkylation sites (N-methyl/N-ethyl adjacent to an activating group) is 1. The largest absolute Gasteiger partial charge is 0.355 e. The molecule has 1 saturated heterocycles. The molecule has 2 rings (SSSR count). The number of rotatable bonds is 4. The smallest absolute Gasteiger partial charge is 0.128 e. The normalized spacial score (nSPS) is 23.9. The van der Waals surface area contributed by atoms with E-state index >= 15 is 0 Å². The van der Waals surface area contributed by atoms with Crippen molar-refractivity contribution in [2.45, 2.75) is 19.4 Å². The molecular formula is C14H24N4. The lowest BCUT2D eigenvalue weighted by atomic mass is 10.1. The molecule has 100 valence electrons. The molecule has 2 unspecified atom stereocenters. The van der Waals surface area contributed by atoms with Gasteiger partial charge in [0.15, 0.2) is 0 Å². The lowest BCUT2D eigenvalue weighted by Gasteiger charge is -2.22. The molecule has 4 nitrogen and oxygen atoms in total. The Labute approximate surface area is 110 Å². The number of hydrogen-bond acceptors (Lipinski definition) is 4. The molecule has 1 fully saturated rings. The van der Waals surface area contributed by atoms with E-state index in [9.17, 15) is 0 Å². The summed E-state index contributed by atoms with van der Waals surface area (Å²) in [5, 5.41) is 0. The molecule has 0 aliphatic carbocycles. The van der Waals surface area contributed by atoms with Crippen LogP contribution < -0.4 is 10.6 Å². The molecule has 0 bridgehead atoms. The summed E-state index contributed by atoms with van der Waals surface area (Å²) in [5.41, 5.74) is 6.77. The maximum absolute atomic E-state index is 5.55. The van der Waals surface area contributed by atoms with Gasteiger partial charge in [-0.25, -0.2) is 4.98 Å². The molecule has 1 aliphatic heterocycles. The van der Waals surface area contributed by atoms with E-state index in [1.807, 2.05) is 6.20 Å². The van der Waals surface area contributed by atoms with Gasteiger partial charge in [0.1, 0.15) is 5.82 Å². The van der Waals surface area contributed by atoms with E-state index in [2.05, 4.69) is 47.9 Å². The standard InChI is InChI=1S/C14H24N4/c1-11-9-18(10-13(11)17(2)3)14-5-4-12(6-7-15)8-16-14/h4-5,8,11,13H,6-7,9-10,15H2,1-3H3. The van der Waals surface area contributed by atoms with E-state index in [1.54, 1.807) is 0 Å². The summed E-state index contributed by atoms with van der Waals surface area (Å²) >= 11 is 0. The fourth-order valence-electron chi connectivity index (χ4n) is 2.73. The number of hydrogen-bond donors (Lipinski definition) is 1. The van der Waals surface area contributed by atoms with Gasteiger partial charge in [-0.1, -0.05) is 13.0 Å². The first-order valence-electron chi connectivity index (χ1n) is 6.68. The van der Waals surface area contributed by atoms with E-state index in [0.29, 0.717) is 18.5 Å². The third kappa shape index (κ3) is 2.82. The minimum absolute atomic E-state index is 0.621. The molecular weight excluding hydrogens is 224 g/mol. The first kappa shape index (κ1) is 13.3. The summed E-state index contributed by atoms with van der Waals surface area (Å²) in [6, 6.07) is 4.88. The van der Waals surface area contributed by atoms with Gasteiger partial charge in [-0.3, -0.25) is 0 Å². The molecule has 0 amide bonds. The molecule has 18 heavy (non-hydrogen) atoms. The maximum Gasteiger partial charge on any atom is 0.128 e. The van der Waals surface area contributed by atoms with Crippen LogP contribution in [-0.2, 0) is 6.42 Å². The van der Waals surface area contributed by atoms with Gasteiger partial charge in [0, 0.05) is 25.3 Å². The average Bonchev–Trinajstić information content (AvgIpc) is 2.73. The van der Waals surface area contributed by atoms with E-state index in [4.69, 9.17) is 5.73 Å². The SMILES string of the molecule is CC1CN(c2ccc(CCN)cn2)CC1N(C)C. The molecule has 0 aromatic carbocycles. The van der Waals surface area contributed by atoms with E-state index in [-0.39, 0.29) is 0 Å². The summed E-state index contributed by atoms with van der Waals surface area (Å²) < 4.78 is 0. The Morgan fingerprint density at radius 2 is 2.17 bits per heavy atom. The van der Waals surface area contributed by atoms with Crippen molar-refractivity contribution in [2.24, 2.45) is 11.7 Å². The predicted octanol–water partition coefficient (Wildman–Crippen LogP) is 0.969. The van der Waals surface area contributed by atoms with Crippen molar-refractivity contribution < 1.29 is 0 Å². The van der Waals surface area contributed by atoms with Crippen molar-refractivity contribution in [1.82, 2.24) is 9.88 Å². The van der Waals surface area contributed by atoms with Crippen molar-refractivity contribution in [3.05, 3.63) is 23.9 Å². The van der Waals surface area contributed by atoms with Crippen LogP contribution >= 0.6 is 0 Å². The predicted molar refractivity (Wildman–Crippen MR) is 75.8 cm³/mol. The van der Waals surface area contributed by atoms with Crippen LogP contribution in [0.25, 0.3) is 0 Å². The maximum atomic E-state index is 5.55. The molecule has 0 spiro atoms. The Hall–Kier alpha value is -1.13. The number of nitrogens with zero attached hydrogens (tertiary/aromatic N) is 3. The number of nitrogens with two attached hydrogens (primary N) is 1. The molecule has 2 N–H and O–H groups in total. The second-order valence-electron chi connectivity index (χ2n) is 5.48. The van der Waals surface area contributed by atoms with E-state index < -0.39 is 0 Å². The molecule has 0 saturated carbocycles. The second kappa shape index (κ2) is 5.67. The number of anilines is 1. The number of pyridine rings is 1. The molecule has 4 heteroatoms. The minimum Gasteiger partial charge on any atom is -0.355 e. The van der Waals surface area contributed by atoms with Crippen LogP contribution in [0.2, 0.25) is 0 Å². The topological polar surface area (TPSA) is 45.4 Å². The molecule has 1 aliphatic rings. The van der Waals surface area contributed by atoms with E-state index in [1.165, 1.54) is 5.56 Å². The first-order chi connectivity index (χ1) is 8.61. The first-order valence-corrected chi connectivity index (χ1v) is 6.68.